The molecule has 0 radical (unpaired) electrons. The Morgan fingerprint density at radius 1 is 0.962 bits per heavy atom. The second-order valence-corrected chi connectivity index (χ2v) is 5.26. The average molecular weight is 353 g/mol. The van der Waals surface area contributed by atoms with Crippen molar-refractivity contribution < 1.29 is 23.9 Å². The van der Waals surface area contributed by atoms with E-state index in [4.69, 9.17) is 4.74 Å². The molecule has 1 amide bonds. The number of hydrogen-bond acceptors (Lipinski definition) is 6. The highest BCUT2D eigenvalue weighted by molar-refractivity contribution is 6.10. The molecule has 0 aliphatic carbocycles. The van der Waals surface area contributed by atoms with Crippen molar-refractivity contribution in [2.45, 2.75) is 0 Å². The zero-order valence-corrected chi connectivity index (χ0v) is 14.1. The predicted octanol–water partition coefficient (Wildman–Crippen LogP) is 3.06. The number of nitrogens with zero attached hydrogens (tertiary/aromatic N) is 2. The molecule has 132 valence electrons. The molecule has 0 fully saturated rings. The van der Waals surface area contributed by atoms with Crippen molar-refractivity contribution >= 4 is 35.0 Å². The van der Waals surface area contributed by atoms with E-state index in [9.17, 15) is 14.4 Å². The van der Waals surface area contributed by atoms with Gasteiger partial charge >= 0.3 is 12.2 Å². The highest BCUT2D eigenvalue weighted by Crippen LogP contribution is 2.23. The number of methoxy groups -OCH3 is 2. The average Bonchev–Trinajstić information content (AvgIpc) is 3.04. The predicted molar refractivity (Wildman–Crippen MR) is 93.4 cm³/mol. The van der Waals surface area contributed by atoms with E-state index in [0.717, 1.165) is 4.57 Å². The Kier molecular flexibility index (Phi) is 4.66. The fourth-order valence-corrected chi connectivity index (χ4v) is 2.47. The molecule has 1 N–H and O–H groups in total. The topological polar surface area (TPSA) is 99.5 Å². The Balaban J connectivity index is 2.12. The van der Waals surface area contributed by atoms with Crippen molar-refractivity contribution in [3.8, 4) is 0 Å². The number of ether oxygens (including phenoxy) is 2. The Bertz CT molecular complexity index is 995. The van der Waals surface area contributed by atoms with Gasteiger partial charge in [-0.1, -0.05) is 30.3 Å². The van der Waals surface area contributed by atoms with Crippen LogP contribution in [0.5, 0.6) is 0 Å². The molecule has 3 rings (SSSR count). The van der Waals surface area contributed by atoms with Gasteiger partial charge in [0.2, 0.25) is 5.95 Å². The fraction of sp³-hybridized carbons (Fsp3) is 0.111. The molecule has 3 aromatic rings. The monoisotopic (exact) mass is 353 g/mol. The number of rotatable bonds is 3. The Labute approximate surface area is 148 Å². The number of imidazole rings is 1. The second-order valence-electron chi connectivity index (χ2n) is 5.26. The van der Waals surface area contributed by atoms with Crippen LogP contribution in [0.4, 0.5) is 15.5 Å². The van der Waals surface area contributed by atoms with E-state index in [0.29, 0.717) is 22.2 Å². The molecule has 26 heavy (non-hydrogen) atoms. The molecule has 1 heterocycles. The Hall–Kier alpha value is -3.68. The summed E-state index contributed by atoms with van der Waals surface area (Å²) in [6, 6.07) is 13.5. The largest absolute Gasteiger partial charge is 0.453 e. The van der Waals surface area contributed by atoms with Crippen LogP contribution in [0, 0.1) is 0 Å². The molecule has 8 nitrogen and oxygen atoms in total. The lowest BCUT2D eigenvalue weighted by Gasteiger charge is -2.07. The SMILES string of the molecule is COC(=O)Nc1nc2ccc(C(=O)c3ccccc3)cc2n1C(=O)OC. The lowest BCUT2D eigenvalue weighted by Crippen LogP contribution is -2.19. The normalized spacial score (nSPS) is 10.4. The second kappa shape index (κ2) is 7.06. The van der Waals surface area contributed by atoms with Gasteiger partial charge in [-0.05, 0) is 18.2 Å². The number of carbonyl (C=O) groups is 3. The maximum absolute atomic E-state index is 12.6. The summed E-state index contributed by atoms with van der Waals surface area (Å²) in [4.78, 5) is 40.5. The van der Waals surface area contributed by atoms with Crippen molar-refractivity contribution in [2.75, 3.05) is 19.5 Å². The number of benzene rings is 2. The molecular formula is C18H15N3O5. The number of carbonyl (C=O) groups excluding carboxylic acids is 3. The van der Waals surface area contributed by atoms with Crippen molar-refractivity contribution in [1.82, 2.24) is 9.55 Å². The molecule has 0 atom stereocenters. The van der Waals surface area contributed by atoms with Crippen LogP contribution in [-0.2, 0) is 9.47 Å². The van der Waals surface area contributed by atoms with Gasteiger partial charge in [0, 0.05) is 11.1 Å². The van der Waals surface area contributed by atoms with Gasteiger partial charge in [-0.25, -0.2) is 19.1 Å². The molecule has 0 saturated heterocycles. The molecule has 8 heteroatoms. The minimum Gasteiger partial charge on any atom is -0.453 e. The molecule has 1 aromatic heterocycles. The summed E-state index contributed by atoms with van der Waals surface area (Å²) < 4.78 is 10.3. The third kappa shape index (κ3) is 3.12. The first-order valence-corrected chi connectivity index (χ1v) is 7.60. The van der Waals surface area contributed by atoms with Crippen molar-refractivity contribution in [3.63, 3.8) is 0 Å². The number of hydrogen-bond donors (Lipinski definition) is 1. The molecule has 0 bridgehead atoms. The number of fused-ring (bicyclic) bond motifs is 1. The number of ketones is 1. The maximum Gasteiger partial charge on any atom is 0.421 e. The van der Waals surface area contributed by atoms with Crippen LogP contribution in [0.25, 0.3) is 11.0 Å². The van der Waals surface area contributed by atoms with Gasteiger partial charge in [-0.15, -0.1) is 0 Å². The summed E-state index contributed by atoms with van der Waals surface area (Å²) in [6.45, 7) is 0. The lowest BCUT2D eigenvalue weighted by molar-refractivity contribution is 0.103. The molecule has 0 aliphatic rings. The zero-order valence-electron chi connectivity index (χ0n) is 14.1. The van der Waals surface area contributed by atoms with Crippen molar-refractivity contribution in [1.29, 1.82) is 0 Å². The summed E-state index contributed by atoms with van der Waals surface area (Å²) in [5.74, 6) is -0.268. The Morgan fingerprint density at radius 3 is 2.35 bits per heavy atom. The van der Waals surface area contributed by atoms with Gasteiger partial charge in [-0.2, -0.15) is 0 Å². The van der Waals surface area contributed by atoms with E-state index in [1.54, 1.807) is 36.4 Å². The first-order valence-electron chi connectivity index (χ1n) is 7.60. The molecule has 0 aliphatic heterocycles. The zero-order chi connectivity index (χ0) is 18.7. The van der Waals surface area contributed by atoms with E-state index < -0.39 is 12.2 Å². The van der Waals surface area contributed by atoms with Crippen LogP contribution in [0.3, 0.4) is 0 Å². The van der Waals surface area contributed by atoms with E-state index >= 15 is 0 Å². The van der Waals surface area contributed by atoms with Crippen molar-refractivity contribution in [3.05, 3.63) is 59.7 Å². The summed E-state index contributed by atoms with van der Waals surface area (Å²) in [5, 5.41) is 2.35. The minimum absolute atomic E-state index is 0.0667. The smallest absolute Gasteiger partial charge is 0.421 e. The van der Waals surface area contributed by atoms with E-state index in [-0.39, 0.29) is 11.7 Å². The first-order chi connectivity index (χ1) is 12.5. The number of amides is 1. The van der Waals surface area contributed by atoms with Crippen molar-refractivity contribution in [2.24, 2.45) is 0 Å². The van der Waals surface area contributed by atoms with Crippen LogP contribution in [0.2, 0.25) is 0 Å². The standard InChI is InChI=1S/C18H15N3O5/c1-25-17(23)20-16-19-13-9-8-12(10-14(13)21(16)18(24)26-2)15(22)11-6-4-3-5-7-11/h3-10H,1-2H3,(H,19,20,23). The highest BCUT2D eigenvalue weighted by atomic mass is 16.5. The first kappa shape index (κ1) is 17.2. The summed E-state index contributed by atoms with van der Waals surface area (Å²) in [5.41, 5.74) is 1.62. The van der Waals surface area contributed by atoms with E-state index in [2.05, 4.69) is 15.0 Å². The van der Waals surface area contributed by atoms with Crippen LogP contribution in [-0.4, -0.2) is 41.7 Å². The van der Waals surface area contributed by atoms with Crippen LogP contribution < -0.4 is 5.32 Å². The van der Waals surface area contributed by atoms with Crippen LogP contribution in [0.15, 0.2) is 48.5 Å². The van der Waals surface area contributed by atoms with E-state index in [1.807, 2.05) is 6.07 Å². The van der Waals surface area contributed by atoms with Gasteiger partial charge < -0.3 is 9.47 Å². The summed E-state index contributed by atoms with van der Waals surface area (Å²) in [6.07, 6.45) is -1.55. The van der Waals surface area contributed by atoms with Crippen LogP contribution in [0.1, 0.15) is 15.9 Å². The van der Waals surface area contributed by atoms with Gasteiger partial charge in [0.05, 0.1) is 25.3 Å². The van der Waals surface area contributed by atoms with E-state index in [1.165, 1.54) is 20.3 Å². The highest BCUT2D eigenvalue weighted by Gasteiger charge is 2.21. The maximum atomic E-state index is 12.6. The summed E-state index contributed by atoms with van der Waals surface area (Å²) >= 11 is 0. The number of aromatic nitrogens is 2. The molecule has 0 saturated carbocycles. The van der Waals surface area contributed by atoms with Gasteiger partial charge in [-0.3, -0.25) is 10.1 Å². The third-order valence-corrected chi connectivity index (χ3v) is 3.71. The van der Waals surface area contributed by atoms with Crippen LogP contribution >= 0.6 is 0 Å². The lowest BCUT2D eigenvalue weighted by atomic mass is 10.0. The fourth-order valence-electron chi connectivity index (χ4n) is 2.47. The summed E-state index contributed by atoms with van der Waals surface area (Å²) in [7, 11) is 2.40. The van der Waals surface area contributed by atoms with Gasteiger partial charge in [0.15, 0.2) is 5.78 Å². The molecule has 0 unspecified atom stereocenters. The molecular weight excluding hydrogens is 338 g/mol. The minimum atomic E-state index is -0.786. The number of nitrogens with one attached hydrogen (secondary N) is 1. The van der Waals surface area contributed by atoms with Gasteiger partial charge in [0.25, 0.3) is 0 Å². The number of anilines is 1. The quantitative estimate of drug-likeness (QED) is 0.727. The Morgan fingerprint density at radius 2 is 1.69 bits per heavy atom. The van der Waals surface area contributed by atoms with Gasteiger partial charge in [0.1, 0.15) is 0 Å². The molecule has 0 spiro atoms. The third-order valence-electron chi connectivity index (χ3n) is 3.71. The molecule has 2 aromatic carbocycles.